The van der Waals surface area contributed by atoms with E-state index in [1.807, 2.05) is 0 Å². The fourth-order valence-corrected chi connectivity index (χ4v) is 2.88. The molecule has 0 aromatic heterocycles. The van der Waals surface area contributed by atoms with E-state index >= 15 is 0 Å². The Balaban J connectivity index is 2.16. The summed E-state index contributed by atoms with van der Waals surface area (Å²) in [7, 11) is 1.20. The summed E-state index contributed by atoms with van der Waals surface area (Å²) in [6.07, 6.45) is -2.66. The van der Waals surface area contributed by atoms with Crippen LogP contribution in [0.15, 0.2) is 24.3 Å². The van der Waals surface area contributed by atoms with Crippen molar-refractivity contribution in [3.63, 3.8) is 0 Å². The number of benzene rings is 2. The van der Waals surface area contributed by atoms with Gasteiger partial charge < -0.3 is 34.6 Å². The molecular formula is C18H16O9. The maximum absolute atomic E-state index is 12.9. The highest BCUT2D eigenvalue weighted by Crippen LogP contribution is 2.49. The third-order valence-corrected chi connectivity index (χ3v) is 4.06. The largest absolute Gasteiger partial charge is 0.504 e. The van der Waals surface area contributed by atoms with Crippen molar-refractivity contribution in [2.24, 2.45) is 0 Å². The molecule has 1 aliphatic heterocycles. The van der Waals surface area contributed by atoms with E-state index in [0.29, 0.717) is 0 Å². The third-order valence-electron chi connectivity index (χ3n) is 4.06. The Labute approximate surface area is 153 Å². The Bertz CT molecular complexity index is 935. The number of carbonyl (C=O) groups is 2. The number of rotatable bonds is 3. The molecule has 0 saturated heterocycles. The molecule has 27 heavy (non-hydrogen) atoms. The van der Waals surface area contributed by atoms with Crippen LogP contribution in [0, 0.1) is 0 Å². The molecule has 2 aromatic carbocycles. The number of ether oxygens (including phenoxy) is 3. The molecule has 1 aliphatic rings. The molecule has 0 aliphatic carbocycles. The van der Waals surface area contributed by atoms with E-state index in [9.17, 15) is 30.0 Å². The minimum Gasteiger partial charge on any atom is -0.504 e. The summed E-state index contributed by atoms with van der Waals surface area (Å²) in [5.41, 5.74) is -0.0829. The Morgan fingerprint density at radius 3 is 2.37 bits per heavy atom. The normalized spacial score (nSPS) is 18.4. The van der Waals surface area contributed by atoms with Crippen LogP contribution in [-0.4, -0.2) is 45.4 Å². The summed E-state index contributed by atoms with van der Waals surface area (Å²) in [4.78, 5) is 24.4. The third kappa shape index (κ3) is 3.03. The zero-order chi connectivity index (χ0) is 19.9. The average molecular weight is 376 g/mol. The van der Waals surface area contributed by atoms with Crippen molar-refractivity contribution in [1.29, 1.82) is 0 Å². The molecule has 9 heteroatoms. The molecule has 2 atom stereocenters. The van der Waals surface area contributed by atoms with Crippen LogP contribution in [0.5, 0.6) is 34.5 Å². The van der Waals surface area contributed by atoms with Gasteiger partial charge in [0.15, 0.2) is 29.1 Å². The van der Waals surface area contributed by atoms with Gasteiger partial charge in [-0.15, -0.1) is 0 Å². The molecule has 0 fully saturated rings. The lowest BCUT2D eigenvalue weighted by atomic mass is 9.92. The number of hydrogen-bond acceptors (Lipinski definition) is 9. The fraction of sp³-hybridized carbons (Fsp3) is 0.222. The number of Topliss-reactive ketones (excluding diaryl/α,β-unsaturated/α-hetero) is 1. The second-order valence-corrected chi connectivity index (χ2v) is 5.83. The SMILES string of the molecule is COc1c(O)cc2c(c1O)C(=O)C(OC(C)=O)C(c1ccc(O)c(O)c1)O2. The fourth-order valence-electron chi connectivity index (χ4n) is 2.88. The molecule has 0 bridgehead atoms. The summed E-state index contributed by atoms with van der Waals surface area (Å²) >= 11 is 0. The van der Waals surface area contributed by atoms with Crippen molar-refractivity contribution in [2.45, 2.75) is 19.1 Å². The van der Waals surface area contributed by atoms with Crippen molar-refractivity contribution < 1.29 is 44.2 Å². The van der Waals surface area contributed by atoms with Crippen LogP contribution < -0.4 is 9.47 Å². The Kier molecular flexibility index (Phi) is 4.44. The van der Waals surface area contributed by atoms with E-state index in [1.54, 1.807) is 0 Å². The van der Waals surface area contributed by atoms with Crippen LogP contribution in [0.25, 0.3) is 0 Å². The van der Waals surface area contributed by atoms with Gasteiger partial charge in [0.05, 0.1) is 7.11 Å². The molecule has 0 amide bonds. The molecule has 3 rings (SSSR count). The lowest BCUT2D eigenvalue weighted by molar-refractivity contribution is -0.148. The predicted molar refractivity (Wildman–Crippen MR) is 89.3 cm³/mol. The highest BCUT2D eigenvalue weighted by molar-refractivity contribution is 6.07. The second-order valence-electron chi connectivity index (χ2n) is 5.83. The molecule has 4 N–H and O–H groups in total. The number of phenols is 4. The summed E-state index contributed by atoms with van der Waals surface area (Å²) in [5, 5.41) is 39.4. The van der Waals surface area contributed by atoms with Crippen molar-refractivity contribution >= 4 is 11.8 Å². The minimum absolute atomic E-state index is 0.156. The molecule has 1 heterocycles. The van der Waals surface area contributed by atoms with Crippen LogP contribution in [0.3, 0.4) is 0 Å². The molecule has 9 nitrogen and oxygen atoms in total. The van der Waals surface area contributed by atoms with Crippen LogP contribution in [0.4, 0.5) is 0 Å². The smallest absolute Gasteiger partial charge is 0.303 e. The molecule has 0 spiro atoms. The van der Waals surface area contributed by atoms with Crippen LogP contribution in [-0.2, 0) is 9.53 Å². The Hall–Kier alpha value is -3.62. The topological polar surface area (TPSA) is 143 Å². The molecule has 2 aromatic rings. The van der Waals surface area contributed by atoms with Gasteiger partial charge in [-0.2, -0.15) is 0 Å². The van der Waals surface area contributed by atoms with E-state index < -0.39 is 41.2 Å². The number of fused-ring (bicyclic) bond motifs is 1. The predicted octanol–water partition coefficient (Wildman–Crippen LogP) is 1.77. The number of hydrogen-bond donors (Lipinski definition) is 4. The minimum atomic E-state index is -1.47. The lowest BCUT2D eigenvalue weighted by Gasteiger charge is -2.32. The summed E-state index contributed by atoms with van der Waals surface area (Å²) in [5.74, 6) is -3.98. The van der Waals surface area contributed by atoms with Gasteiger partial charge in [0, 0.05) is 18.6 Å². The number of methoxy groups -OCH3 is 1. The van der Waals surface area contributed by atoms with Gasteiger partial charge in [0.25, 0.3) is 0 Å². The monoisotopic (exact) mass is 376 g/mol. The molecular weight excluding hydrogens is 360 g/mol. The van der Waals surface area contributed by atoms with Crippen LogP contribution in [0.1, 0.15) is 28.9 Å². The van der Waals surface area contributed by atoms with Gasteiger partial charge in [-0.3, -0.25) is 9.59 Å². The number of ketones is 1. The number of carbonyl (C=O) groups excluding carboxylic acids is 2. The van der Waals surface area contributed by atoms with E-state index in [2.05, 4.69) is 0 Å². The molecule has 0 radical (unpaired) electrons. The molecule has 0 saturated carbocycles. The number of phenolic OH excluding ortho intramolecular Hbond substituents is 4. The molecule has 2 unspecified atom stereocenters. The van der Waals surface area contributed by atoms with E-state index in [4.69, 9.17) is 14.2 Å². The Morgan fingerprint density at radius 1 is 1.07 bits per heavy atom. The number of aromatic hydroxyl groups is 4. The van der Waals surface area contributed by atoms with E-state index in [0.717, 1.165) is 19.1 Å². The highest BCUT2D eigenvalue weighted by atomic mass is 16.6. The van der Waals surface area contributed by atoms with Gasteiger partial charge >= 0.3 is 5.97 Å². The van der Waals surface area contributed by atoms with Crippen molar-refractivity contribution in [1.82, 2.24) is 0 Å². The van der Waals surface area contributed by atoms with E-state index in [-0.39, 0.29) is 28.4 Å². The Morgan fingerprint density at radius 2 is 1.78 bits per heavy atom. The summed E-state index contributed by atoms with van der Waals surface area (Å²) in [6, 6.07) is 4.79. The van der Waals surface area contributed by atoms with Crippen molar-refractivity contribution in [2.75, 3.05) is 7.11 Å². The van der Waals surface area contributed by atoms with Crippen molar-refractivity contribution in [3.05, 3.63) is 35.4 Å². The first-order valence-corrected chi connectivity index (χ1v) is 7.77. The summed E-state index contributed by atoms with van der Waals surface area (Å²) in [6.45, 7) is 1.10. The van der Waals surface area contributed by atoms with Gasteiger partial charge in [-0.05, 0) is 12.1 Å². The first-order valence-electron chi connectivity index (χ1n) is 7.77. The standard InChI is InChI=1S/C18H16O9/c1-7(19)26-18-15(24)13-12(6-11(22)17(25-2)14(13)23)27-16(18)8-3-4-9(20)10(21)5-8/h3-6,16,18,20-23H,1-2H3. The second kappa shape index (κ2) is 6.60. The zero-order valence-electron chi connectivity index (χ0n) is 14.3. The van der Waals surface area contributed by atoms with Crippen molar-refractivity contribution in [3.8, 4) is 34.5 Å². The summed E-state index contributed by atoms with van der Waals surface area (Å²) < 4.78 is 15.6. The van der Waals surface area contributed by atoms with Gasteiger partial charge in [-0.1, -0.05) is 6.07 Å². The van der Waals surface area contributed by atoms with Crippen LogP contribution >= 0.6 is 0 Å². The maximum atomic E-state index is 12.9. The number of esters is 1. The maximum Gasteiger partial charge on any atom is 0.303 e. The zero-order valence-corrected chi connectivity index (χ0v) is 14.3. The molecule has 142 valence electrons. The van der Waals surface area contributed by atoms with Crippen LogP contribution in [0.2, 0.25) is 0 Å². The van der Waals surface area contributed by atoms with Gasteiger partial charge in [0.1, 0.15) is 11.3 Å². The first kappa shape index (κ1) is 18.2. The lowest BCUT2D eigenvalue weighted by Crippen LogP contribution is -2.39. The first-order chi connectivity index (χ1) is 12.7. The highest BCUT2D eigenvalue weighted by Gasteiger charge is 2.43. The quantitative estimate of drug-likeness (QED) is 0.465. The average Bonchev–Trinajstić information content (AvgIpc) is 2.59. The van der Waals surface area contributed by atoms with E-state index in [1.165, 1.54) is 19.2 Å². The van der Waals surface area contributed by atoms with Gasteiger partial charge in [-0.25, -0.2) is 0 Å². The van der Waals surface area contributed by atoms with Gasteiger partial charge in [0.2, 0.25) is 17.6 Å².